The van der Waals surface area contributed by atoms with E-state index in [1.165, 1.54) is 0 Å². The SMILES string of the molecule is [2H]c1c(C)c(C([2H])([2H])[2H])c(C)[n+](C)c1-c1c(C)ccc2c1oc1c([N+]#[C-])ccc(C)c12. The lowest BCUT2D eigenvalue weighted by atomic mass is 9.97. The molecule has 4 aromatic rings. The van der Waals surface area contributed by atoms with Gasteiger partial charge in [0.2, 0.25) is 11.4 Å². The molecule has 3 nitrogen and oxygen atoms in total. The van der Waals surface area contributed by atoms with Crippen molar-refractivity contribution >= 4 is 27.6 Å². The summed E-state index contributed by atoms with van der Waals surface area (Å²) in [6.45, 7) is 12.6. The third kappa shape index (κ3) is 2.37. The predicted octanol–water partition coefficient (Wildman–Crippen LogP) is 6.17. The number of aromatic nitrogens is 1. The van der Waals surface area contributed by atoms with Crippen LogP contribution in [0.2, 0.25) is 0 Å². The lowest BCUT2D eigenvalue weighted by Crippen LogP contribution is -2.36. The van der Waals surface area contributed by atoms with Gasteiger partial charge in [-0.3, -0.25) is 0 Å². The molecular formula is C24H23N2O+. The van der Waals surface area contributed by atoms with Crippen molar-refractivity contribution in [1.82, 2.24) is 0 Å². The maximum atomic E-state index is 8.86. The lowest BCUT2D eigenvalue weighted by molar-refractivity contribution is -0.667. The summed E-state index contributed by atoms with van der Waals surface area (Å²) in [5, 5.41) is 1.78. The average molecular weight is 359 g/mol. The van der Waals surface area contributed by atoms with Gasteiger partial charge in [-0.2, -0.15) is 4.57 Å². The van der Waals surface area contributed by atoms with E-state index in [9.17, 15) is 0 Å². The molecule has 0 aliphatic rings. The number of fused-ring (bicyclic) bond motifs is 3. The van der Waals surface area contributed by atoms with Gasteiger partial charge in [0.05, 0.1) is 13.5 Å². The van der Waals surface area contributed by atoms with Crippen molar-refractivity contribution in [3.05, 3.63) is 69.7 Å². The number of rotatable bonds is 1. The molecule has 2 heterocycles. The molecule has 0 aliphatic carbocycles. The number of nitrogens with zero attached hydrogens (tertiary/aromatic N) is 2. The zero-order valence-electron chi connectivity index (χ0n) is 20.1. The third-order valence-electron chi connectivity index (χ3n) is 5.42. The fourth-order valence-electron chi connectivity index (χ4n) is 3.74. The molecule has 3 heteroatoms. The minimum absolute atomic E-state index is 0.164. The molecule has 0 saturated carbocycles. The second-order valence-electron chi connectivity index (χ2n) is 7.07. The Morgan fingerprint density at radius 3 is 2.48 bits per heavy atom. The summed E-state index contributed by atoms with van der Waals surface area (Å²) in [7, 11) is 1.79. The standard InChI is InChI=1S/C24H23N2O/c1-13-9-11-19(25-6)24-21(13)18-10-8-14(2)22(23(18)27-24)20-12-15(3)16(4)17(5)26(20)7/h8-12H,1-5,7H3/q+1/i4D3,12D. The van der Waals surface area contributed by atoms with Crippen LogP contribution in [0.15, 0.2) is 34.7 Å². The highest BCUT2D eigenvalue weighted by atomic mass is 16.3. The number of pyridine rings is 1. The molecule has 2 aromatic heterocycles. The maximum absolute atomic E-state index is 8.86. The summed E-state index contributed by atoms with van der Waals surface area (Å²) in [4.78, 5) is 3.61. The van der Waals surface area contributed by atoms with E-state index in [4.69, 9.17) is 16.5 Å². The number of furan rings is 1. The largest absolute Gasteiger partial charge is 0.466 e. The Hall–Kier alpha value is -3.12. The molecule has 0 amide bonds. The van der Waals surface area contributed by atoms with Crippen molar-refractivity contribution < 1.29 is 14.5 Å². The fourth-order valence-corrected chi connectivity index (χ4v) is 3.74. The van der Waals surface area contributed by atoms with E-state index >= 15 is 0 Å². The summed E-state index contributed by atoms with van der Waals surface area (Å²) in [6, 6.07) is 7.81. The van der Waals surface area contributed by atoms with Crippen LogP contribution in [-0.2, 0) is 7.05 Å². The van der Waals surface area contributed by atoms with Gasteiger partial charge in [-0.15, -0.1) is 0 Å². The van der Waals surface area contributed by atoms with Gasteiger partial charge >= 0.3 is 0 Å². The number of benzene rings is 2. The first-order chi connectivity index (χ1) is 14.5. The summed E-state index contributed by atoms with van der Waals surface area (Å²) in [6.07, 6.45) is 0. The van der Waals surface area contributed by atoms with Gasteiger partial charge in [0, 0.05) is 33.4 Å². The zero-order chi connectivity index (χ0) is 22.8. The molecule has 0 radical (unpaired) electrons. The van der Waals surface area contributed by atoms with E-state index < -0.39 is 6.85 Å². The fraction of sp³-hybridized carbons (Fsp3) is 0.250. The Morgan fingerprint density at radius 2 is 1.78 bits per heavy atom. The molecule has 0 fully saturated rings. The minimum atomic E-state index is -2.30. The third-order valence-corrected chi connectivity index (χ3v) is 5.42. The van der Waals surface area contributed by atoms with Crippen molar-refractivity contribution in [3.8, 4) is 11.3 Å². The zero-order valence-corrected chi connectivity index (χ0v) is 16.1. The van der Waals surface area contributed by atoms with Gasteiger partial charge in [-0.05, 0) is 44.3 Å². The highest BCUT2D eigenvalue weighted by Crippen LogP contribution is 2.41. The topological polar surface area (TPSA) is 21.4 Å². The van der Waals surface area contributed by atoms with Gasteiger partial charge < -0.3 is 4.42 Å². The first kappa shape index (κ1) is 13.1. The number of hydrogen-bond donors (Lipinski definition) is 0. The van der Waals surface area contributed by atoms with E-state index in [0.717, 1.165) is 27.5 Å². The molecule has 4 rings (SSSR count). The van der Waals surface area contributed by atoms with Gasteiger partial charge in [0.25, 0.3) is 0 Å². The molecule has 27 heavy (non-hydrogen) atoms. The summed E-state index contributed by atoms with van der Waals surface area (Å²) >= 11 is 0. The Labute approximate surface area is 165 Å². The van der Waals surface area contributed by atoms with Gasteiger partial charge in [0.1, 0.15) is 18.2 Å². The van der Waals surface area contributed by atoms with Crippen LogP contribution in [0.1, 0.15) is 33.4 Å². The van der Waals surface area contributed by atoms with Gasteiger partial charge in [-0.25, -0.2) is 4.85 Å². The maximum Gasteiger partial charge on any atom is 0.229 e. The summed E-state index contributed by atoms with van der Waals surface area (Å²) < 4.78 is 40.7. The van der Waals surface area contributed by atoms with Gasteiger partial charge in [-0.1, -0.05) is 24.3 Å². The van der Waals surface area contributed by atoms with Crippen LogP contribution in [0.25, 0.3) is 38.0 Å². The quantitative estimate of drug-likeness (QED) is 0.294. The van der Waals surface area contributed by atoms with Crippen LogP contribution < -0.4 is 4.57 Å². The Balaban J connectivity index is 2.21. The van der Waals surface area contributed by atoms with E-state index in [0.29, 0.717) is 33.8 Å². The molecule has 134 valence electrons. The van der Waals surface area contributed by atoms with Crippen LogP contribution in [-0.4, -0.2) is 0 Å². The Bertz CT molecular complexity index is 1410. The summed E-state index contributed by atoms with van der Waals surface area (Å²) in [5.74, 6) is 0. The van der Waals surface area contributed by atoms with Crippen LogP contribution in [0.4, 0.5) is 5.69 Å². The number of hydrogen-bond acceptors (Lipinski definition) is 1. The first-order valence-corrected chi connectivity index (χ1v) is 8.82. The van der Waals surface area contributed by atoms with Crippen molar-refractivity contribution in [3.63, 3.8) is 0 Å². The summed E-state index contributed by atoms with van der Waals surface area (Å²) in [5.41, 5.74) is 6.12. The molecular weight excluding hydrogens is 332 g/mol. The van der Waals surface area contributed by atoms with E-state index in [-0.39, 0.29) is 11.6 Å². The minimum Gasteiger partial charge on any atom is -0.466 e. The molecule has 0 atom stereocenters. The molecule has 0 spiro atoms. The molecule has 0 N–H and O–H groups in total. The number of aryl methyl sites for hydroxylation is 2. The van der Waals surface area contributed by atoms with Crippen LogP contribution >= 0.6 is 0 Å². The highest BCUT2D eigenvalue weighted by molar-refractivity contribution is 6.14. The molecule has 2 aromatic carbocycles. The Morgan fingerprint density at radius 1 is 1.04 bits per heavy atom. The van der Waals surface area contributed by atoms with Crippen LogP contribution in [0.5, 0.6) is 0 Å². The van der Waals surface area contributed by atoms with E-state index in [1.807, 2.05) is 32.0 Å². The van der Waals surface area contributed by atoms with Crippen molar-refractivity contribution in [1.29, 1.82) is 0 Å². The Kier molecular flexibility index (Phi) is 2.89. The van der Waals surface area contributed by atoms with Crippen molar-refractivity contribution in [2.24, 2.45) is 7.05 Å². The average Bonchev–Trinajstić information content (AvgIpc) is 3.08. The molecule has 0 unspecified atom stereocenters. The molecule has 0 bridgehead atoms. The van der Waals surface area contributed by atoms with Crippen LogP contribution in [0.3, 0.4) is 0 Å². The monoisotopic (exact) mass is 359 g/mol. The predicted molar refractivity (Wildman–Crippen MR) is 110 cm³/mol. The van der Waals surface area contributed by atoms with E-state index in [2.05, 4.69) is 4.85 Å². The molecule has 0 saturated heterocycles. The second-order valence-corrected chi connectivity index (χ2v) is 7.07. The lowest BCUT2D eigenvalue weighted by Gasteiger charge is -2.10. The smallest absolute Gasteiger partial charge is 0.229 e. The van der Waals surface area contributed by atoms with Gasteiger partial charge in [0.15, 0.2) is 5.69 Å². The van der Waals surface area contributed by atoms with Crippen LogP contribution in [0, 0.1) is 41.1 Å². The second kappa shape index (κ2) is 5.96. The van der Waals surface area contributed by atoms with Crippen molar-refractivity contribution in [2.75, 3.05) is 0 Å². The highest BCUT2D eigenvalue weighted by Gasteiger charge is 2.24. The van der Waals surface area contributed by atoms with Crippen molar-refractivity contribution in [2.45, 2.75) is 34.5 Å². The molecule has 0 aliphatic heterocycles. The normalized spacial score (nSPS) is 13.9. The first-order valence-electron chi connectivity index (χ1n) is 10.8. The van der Waals surface area contributed by atoms with E-state index in [1.54, 1.807) is 31.5 Å².